The van der Waals surface area contributed by atoms with E-state index in [1.807, 2.05) is 12.1 Å². The summed E-state index contributed by atoms with van der Waals surface area (Å²) in [7, 11) is 4.21. The molecule has 1 aromatic rings. The molecule has 1 rings (SSSR count). The second-order valence-electron chi connectivity index (χ2n) is 2.02. The molecule has 0 heterocycles. The summed E-state index contributed by atoms with van der Waals surface area (Å²) in [5.41, 5.74) is 1.35. The summed E-state index contributed by atoms with van der Waals surface area (Å²) in [6.07, 6.45) is 1.09. The van der Waals surface area contributed by atoms with Gasteiger partial charge in [0.1, 0.15) is 0 Å². The molecule has 0 spiro atoms. The third kappa shape index (κ3) is 6.92. The monoisotopic (exact) mass is 214 g/mol. The maximum atomic E-state index is 4.21. The van der Waals surface area contributed by atoms with Crippen LogP contribution in [0.5, 0.6) is 0 Å². The Bertz CT molecular complexity index is 201. The fraction of sp³-hybridized carbons (Fsp3) is 0.250. The predicted octanol–water partition coefficient (Wildman–Crippen LogP) is -3.71. The van der Waals surface area contributed by atoms with Crippen LogP contribution in [0.3, 0.4) is 0 Å². The van der Waals surface area contributed by atoms with Gasteiger partial charge in [0.15, 0.2) is 0 Å². The van der Waals surface area contributed by atoms with Gasteiger partial charge < -0.3 is 14.5 Å². The van der Waals surface area contributed by atoms with Crippen molar-refractivity contribution in [2.24, 2.45) is 0 Å². The molecule has 0 fully saturated rings. The summed E-state index contributed by atoms with van der Waals surface area (Å²) >= 11 is 0. The molecule has 0 saturated carbocycles. The van der Waals surface area contributed by atoms with Crippen molar-refractivity contribution in [2.75, 3.05) is 0 Å². The molecule has 1 aromatic carbocycles. The Balaban J connectivity index is 0. The first-order chi connectivity index (χ1) is 4.33. The van der Waals surface area contributed by atoms with E-state index in [9.17, 15) is 0 Å². The molecule has 0 aliphatic rings. The average Bonchev–Trinajstić information content (AvgIpc) is 1.88. The molecule has 0 bridgehead atoms. The van der Waals surface area contributed by atoms with E-state index in [2.05, 4.69) is 28.3 Å². The molecule has 0 saturated heterocycles. The Morgan fingerprint density at radius 1 is 1.27 bits per heavy atom. The molecule has 3 heteroatoms. The van der Waals surface area contributed by atoms with E-state index >= 15 is 0 Å². The van der Waals surface area contributed by atoms with E-state index in [0.29, 0.717) is 0 Å². The van der Waals surface area contributed by atoms with Crippen LogP contribution in [0.1, 0.15) is 12.5 Å². The minimum atomic E-state index is 0. The van der Waals surface area contributed by atoms with Crippen LogP contribution in [-0.2, 0) is 6.42 Å². The van der Waals surface area contributed by atoms with Crippen molar-refractivity contribution in [1.82, 2.24) is 0 Å². The maximum absolute atomic E-state index is 4.21. The van der Waals surface area contributed by atoms with Crippen molar-refractivity contribution in [3.05, 3.63) is 29.8 Å². The largest absolute Gasteiger partial charge is 1.45 e. The van der Waals surface area contributed by atoms with Gasteiger partial charge in [0.25, 0.3) is 0 Å². The molecule has 0 aromatic heterocycles. The Kier molecular flexibility index (Phi) is 14.1. The smallest absolute Gasteiger partial charge is 1.00 e. The molecule has 0 radical (unpaired) electrons. The summed E-state index contributed by atoms with van der Waals surface area (Å²) in [4.78, 5) is 0. The first-order valence-electron chi connectivity index (χ1n) is 3.11. The van der Waals surface area contributed by atoms with E-state index in [1.54, 1.807) is 0 Å². The average molecular weight is 214 g/mol. The Labute approximate surface area is 156 Å². The quantitative estimate of drug-likeness (QED) is 0.333. The van der Waals surface area contributed by atoms with Gasteiger partial charge in [-0.25, -0.2) is 0 Å². The molecule has 0 aliphatic carbocycles. The molecular formula is C8H9K2P. The number of benzene rings is 1. The zero-order valence-corrected chi connectivity index (χ0v) is 14.6. The predicted molar refractivity (Wildman–Crippen MR) is 42.4 cm³/mol. The third-order valence-corrected chi connectivity index (χ3v) is 1.60. The van der Waals surface area contributed by atoms with Crippen LogP contribution < -0.4 is 108 Å². The van der Waals surface area contributed by atoms with E-state index < -0.39 is 0 Å². The molecular weight excluding hydrogens is 205 g/mol. The fourth-order valence-corrected chi connectivity index (χ4v) is 1.03. The van der Waals surface area contributed by atoms with Gasteiger partial charge in [0.05, 0.1) is 0 Å². The van der Waals surface area contributed by atoms with Crippen molar-refractivity contribution in [2.45, 2.75) is 13.3 Å². The van der Waals surface area contributed by atoms with Crippen molar-refractivity contribution < 1.29 is 103 Å². The summed E-state index contributed by atoms with van der Waals surface area (Å²) < 4.78 is 0. The first-order valence-corrected chi connectivity index (χ1v) is 3.55. The molecule has 0 atom stereocenters. The molecule has 11 heavy (non-hydrogen) atoms. The van der Waals surface area contributed by atoms with Crippen molar-refractivity contribution in [3.63, 3.8) is 0 Å². The summed E-state index contributed by atoms with van der Waals surface area (Å²) in [6, 6.07) is 8.21. The van der Waals surface area contributed by atoms with Gasteiger partial charge in [-0.1, -0.05) is 24.6 Å². The Morgan fingerprint density at radius 3 is 2.27 bits per heavy atom. The SMILES string of the molecule is CCc1cccc([P-2])c1.[K+].[K+]. The van der Waals surface area contributed by atoms with Crippen molar-refractivity contribution in [3.8, 4) is 0 Å². The normalized spacial score (nSPS) is 7.82. The van der Waals surface area contributed by atoms with Gasteiger partial charge >= 0.3 is 103 Å². The van der Waals surface area contributed by atoms with Crippen LogP contribution in [0.25, 0.3) is 0 Å². The Hall–Kier alpha value is 2.92. The first kappa shape index (κ1) is 16.4. The Morgan fingerprint density at radius 2 is 1.91 bits per heavy atom. The molecule has 0 nitrogen and oxygen atoms in total. The van der Waals surface area contributed by atoms with Gasteiger partial charge in [-0.2, -0.15) is 0 Å². The summed E-state index contributed by atoms with van der Waals surface area (Å²) in [5, 5.41) is 1.05. The van der Waals surface area contributed by atoms with Crippen LogP contribution >= 0.6 is 9.24 Å². The van der Waals surface area contributed by atoms with Crippen LogP contribution in [-0.4, -0.2) is 0 Å². The van der Waals surface area contributed by atoms with Crippen molar-refractivity contribution >= 4 is 14.5 Å². The van der Waals surface area contributed by atoms with Crippen LogP contribution in [0.2, 0.25) is 0 Å². The molecule has 48 valence electrons. The van der Waals surface area contributed by atoms with E-state index in [1.165, 1.54) is 5.56 Å². The standard InChI is InChI=1S/C8H9P.2K/c1-2-7-4-3-5-8(9)6-7;;/h3-6H,2H2,1H3;;/q-2;2*+1. The van der Waals surface area contributed by atoms with Crippen molar-refractivity contribution in [1.29, 1.82) is 0 Å². The van der Waals surface area contributed by atoms with Crippen LogP contribution in [0, 0.1) is 0 Å². The summed E-state index contributed by atoms with van der Waals surface area (Å²) in [5.74, 6) is 0. The molecule has 0 N–H and O–H groups in total. The molecule has 0 amide bonds. The minimum Gasteiger partial charge on any atom is -1.45 e. The number of rotatable bonds is 1. The van der Waals surface area contributed by atoms with E-state index in [4.69, 9.17) is 0 Å². The van der Waals surface area contributed by atoms with E-state index in [-0.39, 0.29) is 103 Å². The van der Waals surface area contributed by atoms with Gasteiger partial charge in [0, 0.05) is 0 Å². The number of hydrogen-bond donors (Lipinski definition) is 0. The maximum Gasteiger partial charge on any atom is 1.00 e. The van der Waals surface area contributed by atoms with Gasteiger partial charge in [-0.05, 0) is 6.42 Å². The van der Waals surface area contributed by atoms with Crippen LogP contribution in [0.4, 0.5) is 0 Å². The third-order valence-electron chi connectivity index (χ3n) is 1.32. The zero-order chi connectivity index (χ0) is 6.69. The number of aryl methyl sites for hydroxylation is 1. The second kappa shape index (κ2) is 9.48. The second-order valence-corrected chi connectivity index (χ2v) is 2.54. The van der Waals surface area contributed by atoms with Gasteiger partial charge in [0.2, 0.25) is 0 Å². The minimum absolute atomic E-state index is 0. The fourth-order valence-electron chi connectivity index (χ4n) is 0.776. The molecule has 0 aliphatic heterocycles. The van der Waals surface area contributed by atoms with Gasteiger partial charge in [-0.15, -0.1) is 12.1 Å². The molecule has 0 unspecified atom stereocenters. The summed E-state index contributed by atoms with van der Waals surface area (Å²) in [6.45, 7) is 2.14. The topological polar surface area (TPSA) is 0 Å². The van der Waals surface area contributed by atoms with Crippen LogP contribution in [0.15, 0.2) is 24.3 Å². The van der Waals surface area contributed by atoms with E-state index in [0.717, 1.165) is 11.7 Å². The van der Waals surface area contributed by atoms with Gasteiger partial charge in [-0.3, -0.25) is 0 Å². The number of hydrogen-bond acceptors (Lipinski definition) is 0. The zero-order valence-electron chi connectivity index (χ0n) is 7.46.